The van der Waals surface area contributed by atoms with E-state index in [4.69, 9.17) is 21.0 Å². The molecule has 0 spiro atoms. The Kier molecular flexibility index (Phi) is 4.85. The molecule has 6 heteroatoms. The lowest BCUT2D eigenvalue weighted by molar-refractivity contribution is -0.0455. The molecule has 3 unspecified atom stereocenters. The van der Waals surface area contributed by atoms with Gasteiger partial charge in [0, 0.05) is 22.2 Å². The van der Waals surface area contributed by atoms with Crippen molar-refractivity contribution in [2.24, 2.45) is 16.3 Å². The molecule has 2 saturated carbocycles. The summed E-state index contributed by atoms with van der Waals surface area (Å²) in [6.07, 6.45) is 5.13. The number of nitrogens with zero attached hydrogens (tertiary/aromatic N) is 1. The Hall–Kier alpha value is -1.72. The van der Waals surface area contributed by atoms with Crippen molar-refractivity contribution in [3.8, 4) is 0 Å². The van der Waals surface area contributed by atoms with Crippen LogP contribution >= 0.6 is 23.4 Å². The van der Waals surface area contributed by atoms with E-state index in [1.54, 1.807) is 6.07 Å². The summed E-state index contributed by atoms with van der Waals surface area (Å²) in [6, 6.07) is 9.57. The van der Waals surface area contributed by atoms with E-state index in [2.05, 4.69) is 12.2 Å². The third-order valence-corrected chi connectivity index (χ3v) is 7.04. The van der Waals surface area contributed by atoms with E-state index in [9.17, 15) is 4.79 Å². The monoisotopic (exact) mass is 402 g/mol. The third kappa shape index (κ3) is 3.21. The molecular formula is C21H23ClN2O2S. The molecule has 2 aromatic rings. The van der Waals surface area contributed by atoms with Crippen LogP contribution in [-0.2, 0) is 0 Å². The van der Waals surface area contributed by atoms with Crippen molar-refractivity contribution in [3.63, 3.8) is 0 Å². The van der Waals surface area contributed by atoms with Gasteiger partial charge >= 0.3 is 0 Å². The maximum Gasteiger partial charge on any atom is 0.287 e. The second-order valence-electron chi connectivity index (χ2n) is 7.54. The molecule has 0 bridgehead atoms. The van der Waals surface area contributed by atoms with Gasteiger partial charge in [-0.3, -0.25) is 9.79 Å². The number of hydrogen-bond acceptors (Lipinski definition) is 4. The Morgan fingerprint density at radius 2 is 2.19 bits per heavy atom. The van der Waals surface area contributed by atoms with Crippen LogP contribution in [0.15, 0.2) is 44.8 Å². The summed E-state index contributed by atoms with van der Waals surface area (Å²) >= 11 is 7.62. The average molecular weight is 403 g/mol. The molecule has 2 aliphatic carbocycles. The van der Waals surface area contributed by atoms with Crippen LogP contribution in [-0.4, -0.2) is 23.9 Å². The molecular weight excluding hydrogens is 380 g/mol. The highest BCUT2D eigenvalue weighted by Crippen LogP contribution is 2.62. The van der Waals surface area contributed by atoms with Crippen LogP contribution in [0.25, 0.3) is 0 Å². The van der Waals surface area contributed by atoms with Gasteiger partial charge in [-0.25, -0.2) is 0 Å². The molecule has 2 aliphatic rings. The number of nitrogens with one attached hydrogen (secondary N) is 1. The number of hydrogen-bond donors (Lipinski definition) is 1. The highest BCUT2D eigenvalue weighted by atomic mass is 35.5. The lowest BCUT2D eigenvalue weighted by Crippen LogP contribution is -2.67. The summed E-state index contributed by atoms with van der Waals surface area (Å²) in [5, 5.41) is 4.61. The summed E-state index contributed by atoms with van der Waals surface area (Å²) in [5.74, 6) is 0.719. The Bertz CT molecular complexity index is 923. The molecule has 0 aliphatic heterocycles. The van der Waals surface area contributed by atoms with Gasteiger partial charge in [0.05, 0.1) is 5.69 Å². The number of carbonyl (C=O) groups is 1. The van der Waals surface area contributed by atoms with Crippen molar-refractivity contribution >= 4 is 40.7 Å². The number of thioether (sulfide) groups is 1. The van der Waals surface area contributed by atoms with E-state index in [0.717, 1.165) is 41.3 Å². The molecule has 4 nitrogen and oxygen atoms in total. The van der Waals surface area contributed by atoms with Gasteiger partial charge in [0.25, 0.3) is 5.91 Å². The van der Waals surface area contributed by atoms with Gasteiger partial charge in [-0.1, -0.05) is 29.4 Å². The van der Waals surface area contributed by atoms with Crippen LogP contribution in [0.1, 0.15) is 42.3 Å². The van der Waals surface area contributed by atoms with Crippen molar-refractivity contribution < 1.29 is 9.21 Å². The van der Waals surface area contributed by atoms with Crippen molar-refractivity contribution in [3.05, 3.63) is 46.7 Å². The molecule has 0 radical (unpaired) electrons. The zero-order valence-electron chi connectivity index (χ0n) is 15.7. The van der Waals surface area contributed by atoms with Crippen LogP contribution in [0, 0.1) is 18.3 Å². The topological polar surface area (TPSA) is 54.6 Å². The normalized spacial score (nSPS) is 26.7. The standard InChI is InChI=1S/C21H23ClN2O2S/c1-12-4-5-14(22)10-16(12)23-13(2)21-9-8-15(21)17(11-21)24-20(25)18-6-7-19(26-18)27-3/h4-7,10,15,17H,8-9,11H2,1-3H3,(H,24,25)/b23-13+. The summed E-state index contributed by atoms with van der Waals surface area (Å²) in [6.45, 7) is 4.16. The second-order valence-corrected chi connectivity index (χ2v) is 8.78. The van der Waals surface area contributed by atoms with Gasteiger partial charge in [-0.15, -0.1) is 0 Å². The number of aliphatic imine (C=N–C) groups is 1. The first kappa shape index (κ1) is 18.6. The number of benzene rings is 1. The highest BCUT2D eigenvalue weighted by Gasteiger charge is 2.61. The van der Waals surface area contributed by atoms with Crippen molar-refractivity contribution in [2.45, 2.75) is 44.2 Å². The zero-order chi connectivity index (χ0) is 19.2. The number of fused-ring (bicyclic) bond motifs is 1. The highest BCUT2D eigenvalue weighted by molar-refractivity contribution is 7.98. The molecule has 2 fully saturated rings. The molecule has 1 aromatic heterocycles. The number of aryl methyl sites for hydroxylation is 1. The predicted molar refractivity (Wildman–Crippen MR) is 110 cm³/mol. The summed E-state index contributed by atoms with van der Waals surface area (Å²) in [5.41, 5.74) is 3.34. The van der Waals surface area contributed by atoms with Crippen molar-refractivity contribution in [2.75, 3.05) is 6.26 Å². The Labute approximate surface area is 168 Å². The van der Waals surface area contributed by atoms with Crippen LogP contribution in [0.4, 0.5) is 5.69 Å². The fourth-order valence-corrected chi connectivity index (χ4v) is 4.95. The minimum atomic E-state index is -0.124. The van der Waals surface area contributed by atoms with E-state index in [1.165, 1.54) is 11.8 Å². The SMILES string of the molecule is CSc1ccc(C(=O)NC2CC3(/C(C)=N/c4cc(Cl)ccc4C)CCC23)o1. The fraction of sp³-hybridized carbons (Fsp3) is 0.429. The van der Waals surface area contributed by atoms with E-state index in [1.807, 2.05) is 37.4 Å². The Morgan fingerprint density at radius 3 is 2.81 bits per heavy atom. The molecule has 1 aromatic carbocycles. The van der Waals surface area contributed by atoms with Gasteiger partial charge in [0.15, 0.2) is 10.9 Å². The van der Waals surface area contributed by atoms with E-state index < -0.39 is 0 Å². The van der Waals surface area contributed by atoms with Crippen LogP contribution in [0.3, 0.4) is 0 Å². The second kappa shape index (κ2) is 7.02. The Morgan fingerprint density at radius 1 is 1.37 bits per heavy atom. The van der Waals surface area contributed by atoms with Gasteiger partial charge in [0.1, 0.15) is 0 Å². The van der Waals surface area contributed by atoms with Crippen molar-refractivity contribution in [1.29, 1.82) is 0 Å². The first-order valence-electron chi connectivity index (χ1n) is 9.19. The molecule has 142 valence electrons. The number of rotatable bonds is 5. The van der Waals surface area contributed by atoms with Crippen molar-refractivity contribution in [1.82, 2.24) is 5.32 Å². The van der Waals surface area contributed by atoms with Gasteiger partial charge < -0.3 is 9.73 Å². The van der Waals surface area contributed by atoms with Crippen LogP contribution in [0.5, 0.6) is 0 Å². The summed E-state index contributed by atoms with van der Waals surface area (Å²) in [4.78, 5) is 17.3. The molecule has 3 atom stereocenters. The zero-order valence-corrected chi connectivity index (χ0v) is 17.3. The van der Waals surface area contributed by atoms with Gasteiger partial charge in [-0.05, 0) is 75.1 Å². The lowest BCUT2D eigenvalue weighted by Gasteiger charge is -2.63. The maximum absolute atomic E-state index is 12.4. The number of furan rings is 1. The smallest absolute Gasteiger partial charge is 0.287 e. The van der Waals surface area contributed by atoms with Crippen LogP contribution in [0.2, 0.25) is 5.02 Å². The predicted octanol–water partition coefficient (Wildman–Crippen LogP) is 5.65. The quantitative estimate of drug-likeness (QED) is 0.519. The molecule has 1 N–H and O–H groups in total. The number of carbonyl (C=O) groups excluding carboxylic acids is 1. The third-order valence-electron chi connectivity index (χ3n) is 6.18. The average Bonchev–Trinajstić information content (AvgIpc) is 3.11. The molecule has 4 rings (SSSR count). The minimum Gasteiger partial charge on any atom is -0.445 e. The van der Waals surface area contributed by atoms with E-state index in [0.29, 0.717) is 16.7 Å². The molecule has 1 amide bonds. The largest absolute Gasteiger partial charge is 0.445 e. The van der Waals surface area contributed by atoms with Crippen LogP contribution < -0.4 is 5.32 Å². The molecule has 1 heterocycles. The summed E-state index contributed by atoms with van der Waals surface area (Å²) < 4.78 is 5.53. The summed E-state index contributed by atoms with van der Waals surface area (Å²) in [7, 11) is 0. The first-order valence-corrected chi connectivity index (χ1v) is 10.8. The minimum absolute atomic E-state index is 0.124. The lowest BCUT2D eigenvalue weighted by atomic mass is 9.43. The van der Waals surface area contributed by atoms with Gasteiger partial charge in [0.2, 0.25) is 0 Å². The number of amides is 1. The maximum atomic E-state index is 12.4. The fourth-order valence-electron chi connectivity index (χ4n) is 4.41. The molecule has 0 saturated heterocycles. The Balaban J connectivity index is 1.45. The number of halogens is 1. The van der Waals surface area contributed by atoms with E-state index in [-0.39, 0.29) is 17.4 Å². The van der Waals surface area contributed by atoms with Gasteiger partial charge in [-0.2, -0.15) is 0 Å². The molecule has 27 heavy (non-hydrogen) atoms. The first-order chi connectivity index (χ1) is 12.9. The van der Waals surface area contributed by atoms with E-state index >= 15 is 0 Å².